The van der Waals surface area contributed by atoms with Crippen LogP contribution >= 0.6 is 0 Å². The van der Waals surface area contributed by atoms with Gasteiger partial charge in [-0.1, -0.05) is 127 Å². The van der Waals surface area contributed by atoms with Gasteiger partial charge in [0.1, 0.15) is 5.69 Å². The minimum Gasteiger partial charge on any atom is -0.309 e. The van der Waals surface area contributed by atoms with Crippen LogP contribution in [-0.2, 0) is 0 Å². The third-order valence-corrected chi connectivity index (χ3v) is 11.2. The summed E-state index contributed by atoms with van der Waals surface area (Å²) in [7, 11) is 0. The van der Waals surface area contributed by atoms with Crippen molar-refractivity contribution in [1.29, 1.82) is 0 Å². The second-order valence-corrected chi connectivity index (χ2v) is 14.2. The Labute approximate surface area is 309 Å². The molecule has 54 heavy (non-hydrogen) atoms. The predicted molar refractivity (Wildman–Crippen MR) is 226 cm³/mol. The summed E-state index contributed by atoms with van der Waals surface area (Å²) in [6.45, 7) is 0. The van der Waals surface area contributed by atoms with Crippen molar-refractivity contribution in [2.45, 2.75) is 0 Å². The Balaban J connectivity index is 1.25. The zero-order valence-corrected chi connectivity index (χ0v) is 29.1. The average Bonchev–Trinajstić information content (AvgIpc) is 3.74. The second kappa shape index (κ2) is 11.1. The average molecular weight is 687 g/mol. The van der Waals surface area contributed by atoms with E-state index in [2.05, 4.69) is 179 Å². The van der Waals surface area contributed by atoms with Crippen molar-refractivity contribution >= 4 is 87.0 Å². The van der Waals surface area contributed by atoms with E-state index in [0.29, 0.717) is 0 Å². The quantitative estimate of drug-likeness (QED) is 0.173. The lowest BCUT2D eigenvalue weighted by Crippen LogP contribution is -2.04. The van der Waals surface area contributed by atoms with Crippen LogP contribution in [0.1, 0.15) is 0 Å². The SMILES string of the molecule is c1ccc2cc3c(cc2c1)c1ccc(-n2c4ccccc4c4ccccc42)cc1n3-c1nc2ccccc2nc1-c1cc2ccccc2c2ccccc12. The van der Waals surface area contributed by atoms with Gasteiger partial charge >= 0.3 is 0 Å². The number of benzene rings is 9. The van der Waals surface area contributed by atoms with Crippen LogP contribution in [0.5, 0.6) is 0 Å². The van der Waals surface area contributed by atoms with Gasteiger partial charge < -0.3 is 4.57 Å². The van der Waals surface area contributed by atoms with E-state index in [0.717, 1.165) is 50.2 Å². The monoisotopic (exact) mass is 686 g/mol. The lowest BCUT2D eigenvalue weighted by Gasteiger charge is -2.17. The van der Waals surface area contributed by atoms with Gasteiger partial charge in [0.25, 0.3) is 0 Å². The number of rotatable bonds is 3. The summed E-state index contributed by atoms with van der Waals surface area (Å²) >= 11 is 0. The van der Waals surface area contributed by atoms with Gasteiger partial charge in [-0.3, -0.25) is 4.57 Å². The zero-order chi connectivity index (χ0) is 35.3. The van der Waals surface area contributed by atoms with Crippen molar-refractivity contribution in [3.05, 3.63) is 182 Å². The molecule has 0 unspecified atom stereocenters. The Bertz CT molecular complexity index is 3460. The molecule has 9 aromatic carbocycles. The molecule has 250 valence electrons. The Morgan fingerprint density at radius 2 is 0.852 bits per heavy atom. The maximum Gasteiger partial charge on any atom is 0.165 e. The van der Waals surface area contributed by atoms with E-state index >= 15 is 0 Å². The molecule has 4 nitrogen and oxygen atoms in total. The molecule has 3 aromatic heterocycles. The number of nitrogens with zero attached hydrogens (tertiary/aromatic N) is 4. The highest BCUT2D eigenvalue weighted by Gasteiger charge is 2.23. The Morgan fingerprint density at radius 1 is 0.315 bits per heavy atom. The molecule has 12 rings (SSSR count). The van der Waals surface area contributed by atoms with Crippen molar-refractivity contribution in [1.82, 2.24) is 19.1 Å². The summed E-state index contributed by atoms with van der Waals surface area (Å²) < 4.78 is 4.76. The fourth-order valence-electron chi connectivity index (χ4n) is 8.84. The maximum atomic E-state index is 5.55. The lowest BCUT2D eigenvalue weighted by atomic mass is 9.95. The maximum absolute atomic E-state index is 5.55. The van der Waals surface area contributed by atoms with Crippen molar-refractivity contribution < 1.29 is 0 Å². The summed E-state index contributed by atoms with van der Waals surface area (Å²) in [5, 5.41) is 12.0. The number of hydrogen-bond donors (Lipinski definition) is 0. The first-order valence-corrected chi connectivity index (χ1v) is 18.4. The topological polar surface area (TPSA) is 35.6 Å². The summed E-state index contributed by atoms with van der Waals surface area (Å²) in [5.74, 6) is 0.809. The third kappa shape index (κ3) is 4.13. The molecule has 0 bridgehead atoms. The highest BCUT2D eigenvalue weighted by Crippen LogP contribution is 2.42. The number of hydrogen-bond acceptors (Lipinski definition) is 2. The van der Waals surface area contributed by atoms with Crippen LogP contribution in [-0.4, -0.2) is 19.1 Å². The fourth-order valence-corrected chi connectivity index (χ4v) is 8.84. The molecule has 0 N–H and O–H groups in total. The fraction of sp³-hybridized carbons (Fsp3) is 0. The summed E-state index contributed by atoms with van der Waals surface area (Å²) in [4.78, 5) is 11.0. The minimum atomic E-state index is 0.809. The first-order valence-electron chi connectivity index (χ1n) is 18.4. The van der Waals surface area contributed by atoms with Crippen molar-refractivity contribution in [2.75, 3.05) is 0 Å². The largest absolute Gasteiger partial charge is 0.309 e. The first-order chi connectivity index (χ1) is 26.8. The third-order valence-electron chi connectivity index (χ3n) is 11.2. The molecule has 0 spiro atoms. The van der Waals surface area contributed by atoms with E-state index in [1.165, 1.54) is 59.5 Å². The van der Waals surface area contributed by atoms with E-state index in [-0.39, 0.29) is 0 Å². The van der Waals surface area contributed by atoms with Crippen LogP contribution in [0.2, 0.25) is 0 Å². The number of fused-ring (bicyclic) bond motifs is 11. The Morgan fingerprint density at radius 3 is 1.59 bits per heavy atom. The Kier molecular flexibility index (Phi) is 6.02. The molecule has 0 radical (unpaired) electrons. The molecule has 0 fully saturated rings. The smallest absolute Gasteiger partial charge is 0.165 e. The zero-order valence-electron chi connectivity index (χ0n) is 29.1. The first kappa shape index (κ1) is 29.3. The summed E-state index contributed by atoms with van der Waals surface area (Å²) in [5.41, 5.74) is 9.27. The van der Waals surface area contributed by atoms with Gasteiger partial charge in [-0.2, -0.15) is 0 Å². The van der Waals surface area contributed by atoms with Gasteiger partial charge in [-0.05, 0) is 86.9 Å². The van der Waals surface area contributed by atoms with Gasteiger partial charge in [0.05, 0.1) is 33.1 Å². The van der Waals surface area contributed by atoms with E-state index in [9.17, 15) is 0 Å². The standard InChI is InChI=1S/C50H30N4/c1-2-14-32-29-47-41(27-31(32)13-1)40-26-25-34(53-45-23-11-7-19-38(45)39-20-8-12-24-46(39)53)30-48(40)54(47)50-49(51-43-21-9-10-22-44(43)52-50)42-28-33-15-3-4-16-35(33)36-17-5-6-18-37(36)42/h1-30H. The lowest BCUT2D eigenvalue weighted by molar-refractivity contribution is 1.08. The van der Waals surface area contributed by atoms with Crippen LogP contribution in [0.3, 0.4) is 0 Å². The van der Waals surface area contributed by atoms with Gasteiger partial charge in [0.2, 0.25) is 0 Å². The number of aromatic nitrogens is 4. The molecule has 4 heteroatoms. The van der Waals surface area contributed by atoms with Crippen LogP contribution < -0.4 is 0 Å². The van der Waals surface area contributed by atoms with E-state index in [1.807, 2.05) is 12.1 Å². The van der Waals surface area contributed by atoms with Gasteiger partial charge in [0, 0.05) is 32.8 Å². The van der Waals surface area contributed by atoms with Gasteiger partial charge in [-0.25, -0.2) is 9.97 Å². The van der Waals surface area contributed by atoms with Crippen LogP contribution in [0.4, 0.5) is 0 Å². The molecule has 0 saturated heterocycles. The van der Waals surface area contributed by atoms with E-state index < -0.39 is 0 Å². The summed E-state index contributed by atoms with van der Waals surface area (Å²) in [6.07, 6.45) is 0. The molecule has 0 aliphatic heterocycles. The minimum absolute atomic E-state index is 0.809. The Hall–Kier alpha value is -7.30. The molecule has 0 aliphatic rings. The summed E-state index contributed by atoms with van der Waals surface area (Å²) in [6, 6.07) is 65.5. The van der Waals surface area contributed by atoms with E-state index in [4.69, 9.17) is 9.97 Å². The molecule has 0 aliphatic carbocycles. The molecule has 12 aromatic rings. The second-order valence-electron chi connectivity index (χ2n) is 14.2. The van der Waals surface area contributed by atoms with Crippen LogP contribution in [0.25, 0.3) is 110 Å². The van der Waals surface area contributed by atoms with Crippen molar-refractivity contribution in [3.63, 3.8) is 0 Å². The highest BCUT2D eigenvalue weighted by molar-refractivity contribution is 6.17. The van der Waals surface area contributed by atoms with E-state index in [1.54, 1.807) is 0 Å². The molecular formula is C50H30N4. The van der Waals surface area contributed by atoms with Crippen LogP contribution in [0, 0.1) is 0 Å². The molecule has 0 saturated carbocycles. The molecule has 3 heterocycles. The predicted octanol–water partition coefficient (Wildman–Crippen LogP) is 13.0. The molecule has 0 atom stereocenters. The van der Waals surface area contributed by atoms with Gasteiger partial charge in [0.15, 0.2) is 5.82 Å². The molecular weight excluding hydrogens is 657 g/mol. The van der Waals surface area contributed by atoms with Crippen molar-refractivity contribution in [2.24, 2.45) is 0 Å². The normalized spacial score (nSPS) is 12.1. The van der Waals surface area contributed by atoms with Gasteiger partial charge in [-0.15, -0.1) is 0 Å². The number of para-hydroxylation sites is 4. The molecule has 0 amide bonds. The van der Waals surface area contributed by atoms with Crippen LogP contribution in [0.15, 0.2) is 182 Å². The highest BCUT2D eigenvalue weighted by atomic mass is 15.1. The van der Waals surface area contributed by atoms with Crippen molar-refractivity contribution in [3.8, 4) is 22.8 Å².